The highest BCUT2D eigenvalue weighted by Crippen LogP contribution is 2.33. The van der Waals surface area contributed by atoms with Gasteiger partial charge < -0.3 is 4.74 Å². The van der Waals surface area contributed by atoms with Gasteiger partial charge >= 0.3 is 0 Å². The van der Waals surface area contributed by atoms with Crippen LogP contribution in [0.15, 0.2) is 48.5 Å². The zero-order chi connectivity index (χ0) is 11.7. The first-order chi connectivity index (χ1) is 8.34. The molecule has 1 aliphatic heterocycles. The standard InChI is InChI=1S/C15H13FO/c16-14-8-4-7-12-9-13(10-17-15(12)14)11-5-2-1-3-6-11/h1-8,13H,9-10H2/t13-/m1/s1. The molecule has 1 heterocycles. The lowest BCUT2D eigenvalue weighted by Gasteiger charge is -2.25. The molecule has 3 rings (SSSR count). The maximum atomic E-state index is 13.5. The van der Waals surface area contributed by atoms with Crippen LogP contribution in [0.2, 0.25) is 0 Å². The van der Waals surface area contributed by atoms with E-state index in [2.05, 4.69) is 12.1 Å². The fourth-order valence-electron chi connectivity index (χ4n) is 2.32. The summed E-state index contributed by atoms with van der Waals surface area (Å²) in [6, 6.07) is 15.4. The van der Waals surface area contributed by atoms with Gasteiger partial charge in [-0.1, -0.05) is 42.5 Å². The molecular weight excluding hydrogens is 215 g/mol. The number of fused-ring (bicyclic) bond motifs is 1. The van der Waals surface area contributed by atoms with E-state index in [9.17, 15) is 4.39 Å². The number of benzene rings is 2. The Morgan fingerprint density at radius 3 is 2.65 bits per heavy atom. The maximum absolute atomic E-state index is 13.5. The van der Waals surface area contributed by atoms with Gasteiger partial charge in [0, 0.05) is 5.92 Å². The first kappa shape index (κ1) is 10.3. The predicted octanol–water partition coefficient (Wildman–Crippen LogP) is 3.54. The molecule has 1 aliphatic rings. The first-order valence-corrected chi connectivity index (χ1v) is 5.80. The molecule has 0 spiro atoms. The third-order valence-corrected chi connectivity index (χ3v) is 3.21. The van der Waals surface area contributed by atoms with Crippen molar-refractivity contribution in [3.63, 3.8) is 0 Å². The average molecular weight is 228 g/mol. The van der Waals surface area contributed by atoms with E-state index in [4.69, 9.17) is 4.74 Å². The highest BCUT2D eigenvalue weighted by Gasteiger charge is 2.23. The van der Waals surface area contributed by atoms with Crippen LogP contribution in [-0.4, -0.2) is 6.61 Å². The van der Waals surface area contributed by atoms with Crippen LogP contribution in [0.25, 0.3) is 0 Å². The number of halogens is 1. The number of ether oxygens (including phenoxy) is 1. The molecule has 0 radical (unpaired) electrons. The van der Waals surface area contributed by atoms with Crippen molar-refractivity contribution in [2.24, 2.45) is 0 Å². The normalized spacial score (nSPS) is 18.3. The lowest BCUT2D eigenvalue weighted by Crippen LogP contribution is -2.19. The highest BCUT2D eigenvalue weighted by atomic mass is 19.1. The van der Waals surface area contributed by atoms with Crippen molar-refractivity contribution in [2.45, 2.75) is 12.3 Å². The molecule has 0 unspecified atom stereocenters. The van der Waals surface area contributed by atoms with Crippen molar-refractivity contribution in [1.29, 1.82) is 0 Å². The quantitative estimate of drug-likeness (QED) is 0.725. The smallest absolute Gasteiger partial charge is 0.165 e. The molecule has 0 saturated carbocycles. The summed E-state index contributed by atoms with van der Waals surface area (Å²) in [6.07, 6.45) is 0.844. The molecular formula is C15H13FO. The molecule has 1 atom stereocenters. The minimum Gasteiger partial charge on any atom is -0.490 e. The maximum Gasteiger partial charge on any atom is 0.165 e. The van der Waals surface area contributed by atoms with Gasteiger partial charge in [-0.15, -0.1) is 0 Å². The lowest BCUT2D eigenvalue weighted by atomic mass is 9.90. The molecule has 2 aromatic rings. The molecule has 1 nitrogen and oxygen atoms in total. The van der Waals surface area contributed by atoms with E-state index in [0.29, 0.717) is 18.3 Å². The molecule has 2 heteroatoms. The summed E-state index contributed by atoms with van der Waals surface area (Å²) in [6.45, 7) is 0.554. The Labute approximate surface area is 99.9 Å². The molecule has 0 aliphatic carbocycles. The van der Waals surface area contributed by atoms with Crippen LogP contribution in [0, 0.1) is 5.82 Å². The second kappa shape index (κ2) is 4.21. The van der Waals surface area contributed by atoms with E-state index < -0.39 is 0 Å². The zero-order valence-electron chi connectivity index (χ0n) is 9.40. The van der Waals surface area contributed by atoms with Gasteiger partial charge in [0.1, 0.15) is 0 Å². The van der Waals surface area contributed by atoms with Crippen LogP contribution in [-0.2, 0) is 6.42 Å². The van der Waals surface area contributed by atoms with Gasteiger partial charge in [0.25, 0.3) is 0 Å². The number of rotatable bonds is 1. The molecule has 2 aromatic carbocycles. The Kier molecular flexibility index (Phi) is 2.56. The molecule has 0 amide bonds. The molecule has 86 valence electrons. The largest absolute Gasteiger partial charge is 0.490 e. The van der Waals surface area contributed by atoms with Gasteiger partial charge in [-0.2, -0.15) is 0 Å². The fraction of sp³-hybridized carbons (Fsp3) is 0.200. The Bertz CT molecular complexity index is 522. The number of hydrogen-bond donors (Lipinski definition) is 0. The number of hydrogen-bond acceptors (Lipinski definition) is 1. The van der Waals surface area contributed by atoms with Crippen LogP contribution in [0.5, 0.6) is 5.75 Å². The van der Waals surface area contributed by atoms with Crippen molar-refractivity contribution < 1.29 is 9.13 Å². The zero-order valence-corrected chi connectivity index (χ0v) is 9.40. The Morgan fingerprint density at radius 1 is 1.00 bits per heavy atom. The lowest BCUT2D eigenvalue weighted by molar-refractivity contribution is 0.250. The van der Waals surface area contributed by atoms with Gasteiger partial charge in [0.15, 0.2) is 11.6 Å². The monoisotopic (exact) mass is 228 g/mol. The molecule has 0 N–H and O–H groups in total. The van der Waals surface area contributed by atoms with Crippen LogP contribution in [0.4, 0.5) is 4.39 Å². The Hall–Kier alpha value is -1.83. The Balaban J connectivity index is 1.91. The summed E-state index contributed by atoms with van der Waals surface area (Å²) in [5, 5.41) is 0. The summed E-state index contributed by atoms with van der Waals surface area (Å²) < 4.78 is 19.0. The summed E-state index contributed by atoms with van der Waals surface area (Å²) >= 11 is 0. The average Bonchev–Trinajstić information content (AvgIpc) is 2.40. The minimum atomic E-state index is -0.256. The van der Waals surface area contributed by atoms with Gasteiger partial charge in [0.05, 0.1) is 6.61 Å². The van der Waals surface area contributed by atoms with Gasteiger partial charge in [0.2, 0.25) is 0 Å². The third kappa shape index (κ3) is 1.91. The third-order valence-electron chi connectivity index (χ3n) is 3.21. The molecule has 0 fully saturated rings. The van der Waals surface area contributed by atoms with Crippen LogP contribution < -0.4 is 4.74 Å². The predicted molar refractivity (Wildman–Crippen MR) is 64.8 cm³/mol. The SMILES string of the molecule is Fc1cccc2c1OC[C@H](c1ccccc1)C2. The summed E-state index contributed by atoms with van der Waals surface area (Å²) in [7, 11) is 0. The summed E-state index contributed by atoms with van der Waals surface area (Å²) in [5.41, 5.74) is 2.22. The van der Waals surface area contributed by atoms with E-state index in [1.165, 1.54) is 11.6 Å². The van der Waals surface area contributed by atoms with Gasteiger partial charge in [-0.05, 0) is 23.6 Å². The van der Waals surface area contributed by atoms with E-state index in [0.717, 1.165) is 12.0 Å². The second-order valence-corrected chi connectivity index (χ2v) is 4.35. The molecule has 0 aromatic heterocycles. The van der Waals surface area contributed by atoms with Crippen LogP contribution in [0.1, 0.15) is 17.0 Å². The number of para-hydroxylation sites is 1. The molecule has 0 saturated heterocycles. The fourth-order valence-corrected chi connectivity index (χ4v) is 2.32. The van der Waals surface area contributed by atoms with Crippen LogP contribution >= 0.6 is 0 Å². The van der Waals surface area contributed by atoms with Crippen molar-refractivity contribution in [3.8, 4) is 5.75 Å². The van der Waals surface area contributed by atoms with E-state index in [1.807, 2.05) is 24.3 Å². The minimum absolute atomic E-state index is 0.256. The molecule has 17 heavy (non-hydrogen) atoms. The Morgan fingerprint density at radius 2 is 1.82 bits per heavy atom. The van der Waals surface area contributed by atoms with Crippen LogP contribution in [0.3, 0.4) is 0 Å². The van der Waals surface area contributed by atoms with Crippen molar-refractivity contribution in [1.82, 2.24) is 0 Å². The summed E-state index contributed by atoms with van der Waals surface area (Å²) in [4.78, 5) is 0. The van der Waals surface area contributed by atoms with Crippen molar-refractivity contribution >= 4 is 0 Å². The van der Waals surface area contributed by atoms with Gasteiger partial charge in [-0.3, -0.25) is 0 Å². The van der Waals surface area contributed by atoms with Crippen molar-refractivity contribution in [3.05, 3.63) is 65.5 Å². The van der Waals surface area contributed by atoms with E-state index in [-0.39, 0.29) is 5.82 Å². The highest BCUT2D eigenvalue weighted by molar-refractivity contribution is 5.39. The van der Waals surface area contributed by atoms with E-state index >= 15 is 0 Å². The summed E-state index contributed by atoms with van der Waals surface area (Å²) in [5.74, 6) is 0.499. The first-order valence-electron chi connectivity index (χ1n) is 5.80. The topological polar surface area (TPSA) is 9.23 Å². The molecule has 0 bridgehead atoms. The van der Waals surface area contributed by atoms with E-state index in [1.54, 1.807) is 6.07 Å². The van der Waals surface area contributed by atoms with Crippen molar-refractivity contribution in [2.75, 3.05) is 6.61 Å². The van der Waals surface area contributed by atoms with Gasteiger partial charge in [-0.25, -0.2) is 4.39 Å². The second-order valence-electron chi connectivity index (χ2n) is 4.35.